The SMILES string of the molecule is CN=C(NCCCOCC1CCOCC1)NCC(F)F.I. The maximum Gasteiger partial charge on any atom is 0.255 e. The molecule has 1 aliphatic heterocycles. The third-order valence-electron chi connectivity index (χ3n) is 3.10. The van der Waals surface area contributed by atoms with E-state index in [2.05, 4.69) is 15.6 Å². The molecule has 2 N–H and O–H groups in total. The zero-order chi connectivity index (χ0) is 14.6. The summed E-state index contributed by atoms with van der Waals surface area (Å²) in [6.07, 6.45) is 0.583. The van der Waals surface area contributed by atoms with Crippen molar-refractivity contribution < 1.29 is 18.3 Å². The second-order valence-electron chi connectivity index (χ2n) is 4.76. The van der Waals surface area contributed by atoms with Gasteiger partial charge in [0.05, 0.1) is 6.54 Å². The molecule has 1 heterocycles. The molecule has 1 rings (SSSR count). The first-order valence-electron chi connectivity index (χ1n) is 7.10. The molecule has 0 aromatic heterocycles. The summed E-state index contributed by atoms with van der Waals surface area (Å²) in [5, 5.41) is 5.51. The van der Waals surface area contributed by atoms with Crippen molar-refractivity contribution in [3.05, 3.63) is 0 Å². The van der Waals surface area contributed by atoms with Gasteiger partial charge in [-0.25, -0.2) is 8.78 Å². The molecule has 0 unspecified atom stereocenters. The normalized spacial score (nSPS) is 16.7. The Balaban J connectivity index is 0.00000400. The number of nitrogens with zero attached hydrogens (tertiary/aromatic N) is 1. The van der Waals surface area contributed by atoms with Crippen molar-refractivity contribution in [1.29, 1.82) is 0 Å². The average Bonchev–Trinajstić information content (AvgIpc) is 2.46. The molecule has 126 valence electrons. The summed E-state index contributed by atoms with van der Waals surface area (Å²) in [5.41, 5.74) is 0. The first-order chi connectivity index (χ1) is 9.72. The third kappa shape index (κ3) is 11.1. The minimum atomic E-state index is -2.38. The minimum absolute atomic E-state index is 0. The Kier molecular flexibility index (Phi) is 13.3. The summed E-state index contributed by atoms with van der Waals surface area (Å²) < 4.78 is 34.9. The fourth-order valence-electron chi connectivity index (χ4n) is 1.94. The van der Waals surface area contributed by atoms with Gasteiger partial charge in [-0.3, -0.25) is 4.99 Å². The molecule has 0 amide bonds. The van der Waals surface area contributed by atoms with E-state index in [0.29, 0.717) is 25.0 Å². The quantitative estimate of drug-likeness (QED) is 0.272. The number of aliphatic imine (C=N–C) groups is 1. The van der Waals surface area contributed by atoms with Gasteiger partial charge in [0.2, 0.25) is 0 Å². The largest absolute Gasteiger partial charge is 0.381 e. The van der Waals surface area contributed by atoms with Crippen molar-refractivity contribution >= 4 is 29.9 Å². The van der Waals surface area contributed by atoms with Crippen molar-refractivity contribution in [2.24, 2.45) is 10.9 Å². The molecule has 0 radical (unpaired) electrons. The van der Waals surface area contributed by atoms with E-state index in [9.17, 15) is 8.78 Å². The lowest BCUT2D eigenvalue weighted by molar-refractivity contribution is 0.0203. The zero-order valence-electron chi connectivity index (χ0n) is 12.4. The monoisotopic (exact) mass is 421 g/mol. The summed E-state index contributed by atoms with van der Waals surface area (Å²) in [5.74, 6) is 1.01. The highest BCUT2D eigenvalue weighted by molar-refractivity contribution is 14.0. The molecular formula is C13H26F2IN3O2. The summed E-state index contributed by atoms with van der Waals surface area (Å²) in [6, 6.07) is 0. The van der Waals surface area contributed by atoms with Gasteiger partial charge in [-0.15, -0.1) is 24.0 Å². The molecule has 21 heavy (non-hydrogen) atoms. The van der Waals surface area contributed by atoms with Gasteiger partial charge in [0.1, 0.15) is 0 Å². The molecule has 0 aliphatic carbocycles. The van der Waals surface area contributed by atoms with Gasteiger partial charge in [0, 0.05) is 40.0 Å². The zero-order valence-corrected chi connectivity index (χ0v) is 14.8. The summed E-state index contributed by atoms with van der Waals surface area (Å²) >= 11 is 0. The predicted molar refractivity (Wildman–Crippen MR) is 89.8 cm³/mol. The van der Waals surface area contributed by atoms with Crippen LogP contribution in [-0.2, 0) is 9.47 Å². The topological polar surface area (TPSA) is 54.9 Å². The van der Waals surface area contributed by atoms with Crippen LogP contribution in [0.3, 0.4) is 0 Å². The second kappa shape index (κ2) is 13.4. The van der Waals surface area contributed by atoms with E-state index in [-0.39, 0.29) is 30.5 Å². The minimum Gasteiger partial charge on any atom is -0.381 e. The number of hydrogen-bond donors (Lipinski definition) is 2. The van der Waals surface area contributed by atoms with E-state index in [1.807, 2.05) is 0 Å². The van der Waals surface area contributed by atoms with Crippen LogP contribution in [0, 0.1) is 5.92 Å². The molecule has 0 spiro atoms. The average molecular weight is 421 g/mol. The van der Waals surface area contributed by atoms with Gasteiger partial charge in [-0.05, 0) is 25.2 Å². The Bertz CT molecular complexity index is 278. The number of alkyl halides is 2. The number of hydrogen-bond acceptors (Lipinski definition) is 3. The Morgan fingerprint density at radius 2 is 2.05 bits per heavy atom. The van der Waals surface area contributed by atoms with Crippen LogP contribution in [0.1, 0.15) is 19.3 Å². The number of ether oxygens (including phenoxy) is 2. The first-order valence-corrected chi connectivity index (χ1v) is 7.10. The molecule has 1 fully saturated rings. The van der Waals surface area contributed by atoms with Crippen molar-refractivity contribution in [3.63, 3.8) is 0 Å². The smallest absolute Gasteiger partial charge is 0.255 e. The van der Waals surface area contributed by atoms with E-state index in [1.165, 1.54) is 0 Å². The van der Waals surface area contributed by atoms with Crippen LogP contribution in [0.5, 0.6) is 0 Å². The lowest BCUT2D eigenvalue weighted by Crippen LogP contribution is -2.40. The molecule has 0 aromatic carbocycles. The standard InChI is InChI=1S/C13H25F2N3O2.HI/c1-16-13(18-9-12(14)15)17-5-2-6-20-10-11-3-7-19-8-4-11;/h11-12H,2-10H2,1H3,(H2,16,17,18);1H. The van der Waals surface area contributed by atoms with Crippen LogP contribution >= 0.6 is 24.0 Å². The van der Waals surface area contributed by atoms with Gasteiger partial charge in [0.25, 0.3) is 6.43 Å². The van der Waals surface area contributed by atoms with Crippen LogP contribution in [0.4, 0.5) is 8.78 Å². The van der Waals surface area contributed by atoms with Crippen LogP contribution in [0.2, 0.25) is 0 Å². The highest BCUT2D eigenvalue weighted by Gasteiger charge is 2.13. The van der Waals surface area contributed by atoms with E-state index >= 15 is 0 Å². The van der Waals surface area contributed by atoms with E-state index in [1.54, 1.807) is 7.05 Å². The Hall–Kier alpha value is -0.220. The number of guanidine groups is 1. The van der Waals surface area contributed by atoms with Crippen molar-refractivity contribution in [3.8, 4) is 0 Å². The number of rotatable bonds is 8. The molecule has 8 heteroatoms. The van der Waals surface area contributed by atoms with Gasteiger partial charge in [-0.2, -0.15) is 0 Å². The van der Waals surface area contributed by atoms with Crippen LogP contribution in [-0.4, -0.2) is 58.9 Å². The van der Waals surface area contributed by atoms with E-state index < -0.39 is 6.43 Å². The Labute approximate surface area is 142 Å². The predicted octanol–water partition coefficient (Wildman–Crippen LogP) is 1.87. The van der Waals surface area contributed by atoms with Gasteiger partial charge in [0.15, 0.2) is 5.96 Å². The fraction of sp³-hybridized carbons (Fsp3) is 0.923. The van der Waals surface area contributed by atoms with Crippen molar-refractivity contribution in [2.45, 2.75) is 25.7 Å². The highest BCUT2D eigenvalue weighted by Crippen LogP contribution is 2.14. The van der Waals surface area contributed by atoms with Crippen LogP contribution < -0.4 is 10.6 Å². The Morgan fingerprint density at radius 3 is 2.67 bits per heavy atom. The maximum atomic E-state index is 12.0. The van der Waals surface area contributed by atoms with Gasteiger partial charge >= 0.3 is 0 Å². The molecule has 0 atom stereocenters. The Morgan fingerprint density at radius 1 is 1.33 bits per heavy atom. The molecule has 0 bridgehead atoms. The summed E-state index contributed by atoms with van der Waals surface area (Å²) in [7, 11) is 1.56. The highest BCUT2D eigenvalue weighted by atomic mass is 127. The van der Waals surface area contributed by atoms with Crippen molar-refractivity contribution in [2.75, 3.05) is 46.6 Å². The van der Waals surface area contributed by atoms with Gasteiger partial charge in [-0.1, -0.05) is 0 Å². The second-order valence-corrected chi connectivity index (χ2v) is 4.76. The molecule has 0 aromatic rings. The first kappa shape index (κ1) is 20.8. The fourth-order valence-corrected chi connectivity index (χ4v) is 1.94. The van der Waals surface area contributed by atoms with Crippen molar-refractivity contribution in [1.82, 2.24) is 10.6 Å². The molecule has 1 saturated heterocycles. The van der Waals surface area contributed by atoms with Crippen LogP contribution in [0.15, 0.2) is 4.99 Å². The third-order valence-corrected chi connectivity index (χ3v) is 3.10. The summed E-state index contributed by atoms with van der Waals surface area (Å²) in [6.45, 7) is 3.37. The maximum absolute atomic E-state index is 12.0. The molecule has 5 nitrogen and oxygen atoms in total. The summed E-state index contributed by atoms with van der Waals surface area (Å²) in [4.78, 5) is 3.86. The lowest BCUT2D eigenvalue weighted by Gasteiger charge is -2.21. The molecular weight excluding hydrogens is 395 g/mol. The van der Waals surface area contributed by atoms with Gasteiger partial charge < -0.3 is 20.1 Å². The molecule has 0 saturated carbocycles. The number of halogens is 3. The lowest BCUT2D eigenvalue weighted by atomic mass is 10.0. The van der Waals surface area contributed by atoms with E-state index in [4.69, 9.17) is 9.47 Å². The molecule has 1 aliphatic rings. The number of nitrogens with one attached hydrogen (secondary N) is 2. The van der Waals surface area contributed by atoms with E-state index in [0.717, 1.165) is 39.1 Å². The van der Waals surface area contributed by atoms with Crippen LogP contribution in [0.25, 0.3) is 0 Å².